The van der Waals surface area contributed by atoms with E-state index in [1.54, 1.807) is 0 Å². The number of aliphatic hydroxyl groups is 1. The van der Waals surface area contributed by atoms with Crippen LogP contribution in [0.15, 0.2) is 18.2 Å². The highest BCUT2D eigenvalue weighted by molar-refractivity contribution is 5.97. The summed E-state index contributed by atoms with van der Waals surface area (Å²) in [5.41, 5.74) is -0.990. The Morgan fingerprint density at radius 3 is 2.68 bits per heavy atom. The van der Waals surface area contributed by atoms with Gasteiger partial charge in [0.15, 0.2) is 0 Å². The normalized spacial score (nSPS) is 17.9. The third-order valence-corrected chi connectivity index (χ3v) is 3.23. The number of aromatic hydroxyl groups is 2. The molecule has 1 aromatic carbocycles. The van der Waals surface area contributed by atoms with Gasteiger partial charge in [0.25, 0.3) is 5.91 Å². The maximum Gasteiger partial charge on any atom is 0.255 e. The van der Waals surface area contributed by atoms with Crippen LogP contribution in [0.2, 0.25) is 0 Å². The summed E-state index contributed by atoms with van der Waals surface area (Å²) in [6.07, 6.45) is 0.915. The molecule has 104 valence electrons. The Labute approximate surface area is 110 Å². The smallest absolute Gasteiger partial charge is 0.255 e. The molecule has 0 radical (unpaired) electrons. The van der Waals surface area contributed by atoms with E-state index in [1.807, 2.05) is 0 Å². The molecule has 0 saturated carbocycles. The fourth-order valence-corrected chi connectivity index (χ4v) is 1.97. The number of carbonyl (C=O) groups is 1. The Kier molecular flexibility index (Phi) is 3.92. The van der Waals surface area contributed by atoms with E-state index in [2.05, 4.69) is 5.32 Å². The van der Waals surface area contributed by atoms with Crippen molar-refractivity contribution in [3.05, 3.63) is 23.8 Å². The highest BCUT2D eigenvalue weighted by atomic mass is 16.5. The van der Waals surface area contributed by atoms with Gasteiger partial charge >= 0.3 is 0 Å². The van der Waals surface area contributed by atoms with Crippen molar-refractivity contribution in [3.63, 3.8) is 0 Å². The molecule has 6 heteroatoms. The molecule has 0 atom stereocenters. The molecule has 4 N–H and O–H groups in total. The molecule has 1 fully saturated rings. The molecule has 1 aliphatic heterocycles. The van der Waals surface area contributed by atoms with Crippen LogP contribution in [0, 0.1) is 0 Å². The fraction of sp³-hybridized carbons (Fsp3) is 0.462. The first kappa shape index (κ1) is 13.6. The predicted molar refractivity (Wildman–Crippen MR) is 67.1 cm³/mol. The van der Waals surface area contributed by atoms with E-state index in [4.69, 9.17) is 4.74 Å². The second kappa shape index (κ2) is 5.46. The van der Waals surface area contributed by atoms with Gasteiger partial charge in [-0.2, -0.15) is 0 Å². The van der Waals surface area contributed by atoms with Gasteiger partial charge in [-0.3, -0.25) is 4.79 Å². The van der Waals surface area contributed by atoms with Gasteiger partial charge in [0.2, 0.25) is 0 Å². The van der Waals surface area contributed by atoms with Crippen LogP contribution >= 0.6 is 0 Å². The van der Waals surface area contributed by atoms with Gasteiger partial charge in [-0.1, -0.05) is 0 Å². The average Bonchev–Trinajstić information content (AvgIpc) is 2.40. The molecule has 2 rings (SSSR count). The number of phenolic OH excluding ortho intramolecular Hbond substituents is 2. The van der Waals surface area contributed by atoms with E-state index in [0.717, 1.165) is 0 Å². The topological polar surface area (TPSA) is 99.0 Å². The van der Waals surface area contributed by atoms with Crippen LogP contribution in [0.1, 0.15) is 23.2 Å². The molecule has 1 aromatic rings. The van der Waals surface area contributed by atoms with Gasteiger partial charge in [0.05, 0.1) is 11.2 Å². The van der Waals surface area contributed by atoms with Crippen LogP contribution in [0.4, 0.5) is 0 Å². The van der Waals surface area contributed by atoms with Crippen LogP contribution in [0.5, 0.6) is 11.5 Å². The molecule has 0 aliphatic carbocycles. The van der Waals surface area contributed by atoms with Crippen LogP contribution in [0.3, 0.4) is 0 Å². The van der Waals surface area contributed by atoms with Crippen molar-refractivity contribution in [2.75, 3.05) is 19.8 Å². The van der Waals surface area contributed by atoms with Crippen molar-refractivity contribution < 1.29 is 24.9 Å². The van der Waals surface area contributed by atoms with Crippen molar-refractivity contribution in [3.8, 4) is 11.5 Å². The second-order valence-corrected chi connectivity index (χ2v) is 4.72. The first-order valence-corrected chi connectivity index (χ1v) is 6.10. The summed E-state index contributed by atoms with van der Waals surface area (Å²) in [5.74, 6) is -0.852. The molecule has 1 heterocycles. The summed E-state index contributed by atoms with van der Waals surface area (Å²) in [7, 11) is 0. The summed E-state index contributed by atoms with van der Waals surface area (Å²) in [5, 5.41) is 31.6. The van der Waals surface area contributed by atoms with Crippen molar-refractivity contribution in [2.24, 2.45) is 0 Å². The minimum absolute atomic E-state index is 0.0179. The summed E-state index contributed by atoms with van der Waals surface area (Å²) >= 11 is 0. The summed E-state index contributed by atoms with van der Waals surface area (Å²) < 4.78 is 5.15. The summed E-state index contributed by atoms with van der Waals surface area (Å²) in [6.45, 7) is 1.01. The number of benzene rings is 1. The molecule has 0 bridgehead atoms. The summed E-state index contributed by atoms with van der Waals surface area (Å²) in [6, 6.07) is 3.71. The number of nitrogens with one attached hydrogen (secondary N) is 1. The second-order valence-electron chi connectivity index (χ2n) is 4.72. The molecule has 19 heavy (non-hydrogen) atoms. The zero-order valence-electron chi connectivity index (χ0n) is 10.4. The Morgan fingerprint density at radius 1 is 1.32 bits per heavy atom. The van der Waals surface area contributed by atoms with E-state index in [0.29, 0.717) is 26.1 Å². The van der Waals surface area contributed by atoms with E-state index >= 15 is 0 Å². The number of ether oxygens (including phenoxy) is 1. The van der Waals surface area contributed by atoms with Crippen LogP contribution < -0.4 is 5.32 Å². The lowest BCUT2D eigenvalue weighted by Gasteiger charge is -2.32. The van der Waals surface area contributed by atoms with E-state index in [1.165, 1.54) is 18.2 Å². The molecule has 6 nitrogen and oxygen atoms in total. The average molecular weight is 267 g/mol. The van der Waals surface area contributed by atoms with E-state index in [-0.39, 0.29) is 23.6 Å². The highest BCUT2D eigenvalue weighted by Gasteiger charge is 2.30. The maximum absolute atomic E-state index is 11.9. The lowest BCUT2D eigenvalue weighted by atomic mass is 9.94. The number of hydrogen-bond donors (Lipinski definition) is 4. The first-order valence-electron chi connectivity index (χ1n) is 6.10. The molecule has 1 amide bonds. The van der Waals surface area contributed by atoms with Crippen molar-refractivity contribution in [2.45, 2.75) is 18.4 Å². The molecular weight excluding hydrogens is 250 g/mol. The molecule has 0 aromatic heterocycles. The largest absolute Gasteiger partial charge is 0.508 e. The zero-order chi connectivity index (χ0) is 13.9. The highest BCUT2D eigenvalue weighted by Crippen LogP contribution is 2.23. The molecular formula is C13H17NO5. The summed E-state index contributed by atoms with van der Waals surface area (Å²) in [4.78, 5) is 11.9. The number of amides is 1. The van der Waals surface area contributed by atoms with Crippen molar-refractivity contribution in [1.82, 2.24) is 5.32 Å². The van der Waals surface area contributed by atoms with E-state index in [9.17, 15) is 20.1 Å². The lowest BCUT2D eigenvalue weighted by Crippen LogP contribution is -2.46. The van der Waals surface area contributed by atoms with Crippen LogP contribution in [-0.4, -0.2) is 46.6 Å². The SMILES string of the molecule is O=C(NCC1(O)CCOCC1)c1cc(O)ccc1O. The van der Waals surface area contributed by atoms with Crippen LogP contribution in [0.25, 0.3) is 0 Å². The monoisotopic (exact) mass is 267 g/mol. The number of carbonyl (C=O) groups excluding carboxylic acids is 1. The third kappa shape index (κ3) is 3.36. The maximum atomic E-state index is 11.9. The standard InChI is InChI=1S/C13H17NO5/c15-9-1-2-11(16)10(7-9)12(17)14-8-13(18)3-5-19-6-4-13/h1-2,7,15-16,18H,3-6,8H2,(H,14,17). The van der Waals surface area contributed by atoms with Gasteiger partial charge in [-0.05, 0) is 18.2 Å². The first-order chi connectivity index (χ1) is 9.00. The Morgan fingerprint density at radius 2 is 2.00 bits per heavy atom. The molecule has 0 unspecified atom stereocenters. The fourth-order valence-electron chi connectivity index (χ4n) is 1.97. The van der Waals surface area contributed by atoms with Crippen molar-refractivity contribution in [1.29, 1.82) is 0 Å². The van der Waals surface area contributed by atoms with Crippen molar-refractivity contribution >= 4 is 5.91 Å². The van der Waals surface area contributed by atoms with Gasteiger partial charge < -0.3 is 25.4 Å². The Hall–Kier alpha value is -1.79. The van der Waals surface area contributed by atoms with Gasteiger partial charge in [-0.25, -0.2) is 0 Å². The van der Waals surface area contributed by atoms with E-state index < -0.39 is 11.5 Å². The minimum Gasteiger partial charge on any atom is -0.508 e. The number of phenols is 2. The lowest BCUT2D eigenvalue weighted by molar-refractivity contribution is -0.0605. The minimum atomic E-state index is -0.972. The molecule has 1 saturated heterocycles. The number of hydrogen-bond acceptors (Lipinski definition) is 5. The van der Waals surface area contributed by atoms with Gasteiger partial charge in [0, 0.05) is 32.6 Å². The Balaban J connectivity index is 1.99. The quantitative estimate of drug-likeness (QED) is 0.593. The number of rotatable bonds is 3. The molecule has 0 spiro atoms. The molecule has 1 aliphatic rings. The van der Waals surface area contributed by atoms with Gasteiger partial charge in [0.1, 0.15) is 11.5 Å². The third-order valence-electron chi connectivity index (χ3n) is 3.23. The van der Waals surface area contributed by atoms with Gasteiger partial charge in [-0.15, -0.1) is 0 Å². The Bertz CT molecular complexity index is 468. The predicted octanol–water partition coefficient (Wildman–Crippen LogP) is 0.369. The van der Waals surface area contributed by atoms with Crippen LogP contribution in [-0.2, 0) is 4.74 Å². The zero-order valence-corrected chi connectivity index (χ0v) is 10.4.